The number of nitrogens with one attached hydrogen (secondary N) is 1. The van der Waals surface area contributed by atoms with Gasteiger partial charge in [0.25, 0.3) is 5.91 Å². The SMILES string of the molecule is O=C1Nc2nncc3cc4ccccc4c1c23. The second-order valence-electron chi connectivity index (χ2n) is 4.08. The Balaban J connectivity index is 2.36. The fourth-order valence-electron chi connectivity index (χ4n) is 2.42. The molecule has 2 heterocycles. The molecule has 0 atom stereocenters. The molecule has 17 heavy (non-hydrogen) atoms. The van der Waals surface area contributed by atoms with E-state index in [4.69, 9.17) is 0 Å². The number of amides is 1. The zero-order chi connectivity index (χ0) is 11.4. The Morgan fingerprint density at radius 1 is 1.12 bits per heavy atom. The summed E-state index contributed by atoms with van der Waals surface area (Å²) in [6.45, 7) is 0. The molecule has 4 nitrogen and oxygen atoms in total. The van der Waals surface area contributed by atoms with E-state index in [0.29, 0.717) is 11.4 Å². The molecule has 0 radical (unpaired) electrons. The predicted molar refractivity (Wildman–Crippen MR) is 65.0 cm³/mol. The minimum Gasteiger partial charge on any atom is -0.304 e. The van der Waals surface area contributed by atoms with Crippen LogP contribution in [0.4, 0.5) is 5.82 Å². The van der Waals surface area contributed by atoms with Gasteiger partial charge in [0.2, 0.25) is 0 Å². The van der Waals surface area contributed by atoms with E-state index in [1.54, 1.807) is 6.20 Å². The Labute approximate surface area is 96.3 Å². The van der Waals surface area contributed by atoms with Gasteiger partial charge >= 0.3 is 0 Å². The molecule has 0 spiro atoms. The topological polar surface area (TPSA) is 54.9 Å². The van der Waals surface area contributed by atoms with Crippen molar-refractivity contribution in [1.29, 1.82) is 0 Å². The summed E-state index contributed by atoms with van der Waals surface area (Å²) < 4.78 is 0. The van der Waals surface area contributed by atoms with Gasteiger partial charge < -0.3 is 5.32 Å². The quantitative estimate of drug-likeness (QED) is 0.593. The van der Waals surface area contributed by atoms with Crippen LogP contribution in [0.25, 0.3) is 21.5 Å². The third kappa shape index (κ3) is 0.990. The van der Waals surface area contributed by atoms with E-state index in [1.807, 2.05) is 30.3 Å². The summed E-state index contributed by atoms with van der Waals surface area (Å²) in [7, 11) is 0. The van der Waals surface area contributed by atoms with E-state index in [9.17, 15) is 4.79 Å². The van der Waals surface area contributed by atoms with Gasteiger partial charge in [-0.25, -0.2) is 0 Å². The van der Waals surface area contributed by atoms with Crippen LogP contribution in [-0.4, -0.2) is 16.1 Å². The number of rotatable bonds is 0. The lowest BCUT2D eigenvalue weighted by molar-refractivity contribution is 0.103. The summed E-state index contributed by atoms with van der Waals surface area (Å²) in [6.07, 6.45) is 1.69. The first-order valence-corrected chi connectivity index (χ1v) is 5.33. The summed E-state index contributed by atoms with van der Waals surface area (Å²) in [4.78, 5) is 12.0. The van der Waals surface area contributed by atoms with Crippen molar-refractivity contribution in [3.05, 3.63) is 42.1 Å². The zero-order valence-corrected chi connectivity index (χ0v) is 8.77. The lowest BCUT2D eigenvalue weighted by Gasteiger charge is -2.03. The van der Waals surface area contributed by atoms with E-state index < -0.39 is 0 Å². The standard InChI is InChI=1S/C13H7N3O/c17-13-11-9-4-2-1-3-7(9)5-8-6-14-16-12(15-13)10(8)11/h1-6H,(H,15,16,17). The molecular weight excluding hydrogens is 214 g/mol. The first kappa shape index (κ1) is 8.64. The number of hydrogen-bond donors (Lipinski definition) is 1. The van der Waals surface area contributed by atoms with Crippen molar-refractivity contribution in [2.45, 2.75) is 0 Å². The maximum Gasteiger partial charge on any atom is 0.258 e. The van der Waals surface area contributed by atoms with Crippen LogP contribution in [0, 0.1) is 0 Å². The number of benzene rings is 2. The maximum atomic E-state index is 12.0. The average Bonchev–Trinajstić information content (AvgIpc) is 2.69. The molecule has 0 saturated heterocycles. The molecule has 1 aliphatic heterocycles. The Morgan fingerprint density at radius 3 is 2.94 bits per heavy atom. The van der Waals surface area contributed by atoms with Crippen molar-refractivity contribution in [1.82, 2.24) is 10.2 Å². The zero-order valence-electron chi connectivity index (χ0n) is 8.77. The molecule has 3 aromatic rings. The Kier molecular flexibility index (Phi) is 1.42. The number of carbonyl (C=O) groups is 1. The summed E-state index contributed by atoms with van der Waals surface area (Å²) in [5, 5.41) is 14.4. The van der Waals surface area contributed by atoms with Crippen LogP contribution in [-0.2, 0) is 0 Å². The average molecular weight is 221 g/mol. The van der Waals surface area contributed by atoms with Gasteiger partial charge in [-0.05, 0) is 16.8 Å². The van der Waals surface area contributed by atoms with Crippen molar-refractivity contribution >= 4 is 33.3 Å². The van der Waals surface area contributed by atoms with Crippen LogP contribution in [0.5, 0.6) is 0 Å². The minimum atomic E-state index is -0.0951. The largest absolute Gasteiger partial charge is 0.304 e. The molecule has 0 bridgehead atoms. The number of hydrogen-bond acceptors (Lipinski definition) is 3. The monoisotopic (exact) mass is 221 g/mol. The van der Waals surface area contributed by atoms with Gasteiger partial charge in [0.15, 0.2) is 5.82 Å². The third-order valence-electron chi connectivity index (χ3n) is 3.13. The second-order valence-corrected chi connectivity index (χ2v) is 4.08. The van der Waals surface area contributed by atoms with Gasteiger partial charge in [-0.15, -0.1) is 5.10 Å². The lowest BCUT2D eigenvalue weighted by Crippen LogP contribution is -2.05. The molecule has 0 fully saturated rings. The van der Waals surface area contributed by atoms with Crippen LogP contribution in [0.3, 0.4) is 0 Å². The van der Waals surface area contributed by atoms with Crippen LogP contribution in [0.2, 0.25) is 0 Å². The molecule has 4 heteroatoms. The van der Waals surface area contributed by atoms with Crippen LogP contribution in [0.1, 0.15) is 10.4 Å². The molecule has 0 unspecified atom stereocenters. The summed E-state index contributed by atoms with van der Waals surface area (Å²) in [5.41, 5.74) is 0.711. The molecular formula is C13H7N3O. The molecule has 1 aromatic heterocycles. The maximum absolute atomic E-state index is 12.0. The van der Waals surface area contributed by atoms with Gasteiger partial charge in [0, 0.05) is 10.8 Å². The van der Waals surface area contributed by atoms with E-state index in [0.717, 1.165) is 21.5 Å². The van der Waals surface area contributed by atoms with Crippen LogP contribution < -0.4 is 5.32 Å². The molecule has 1 aliphatic rings. The molecule has 80 valence electrons. The molecule has 0 aliphatic carbocycles. The summed E-state index contributed by atoms with van der Waals surface area (Å²) >= 11 is 0. The van der Waals surface area contributed by atoms with Crippen molar-refractivity contribution < 1.29 is 4.79 Å². The van der Waals surface area contributed by atoms with E-state index in [-0.39, 0.29) is 5.91 Å². The highest BCUT2D eigenvalue weighted by Crippen LogP contribution is 2.35. The van der Waals surface area contributed by atoms with Gasteiger partial charge in [-0.3, -0.25) is 4.79 Å². The fourth-order valence-corrected chi connectivity index (χ4v) is 2.42. The van der Waals surface area contributed by atoms with Crippen molar-refractivity contribution in [3.8, 4) is 0 Å². The fraction of sp³-hybridized carbons (Fsp3) is 0. The van der Waals surface area contributed by atoms with Gasteiger partial charge in [0.1, 0.15) is 0 Å². The molecule has 1 amide bonds. The normalized spacial score (nSPS) is 13.3. The number of fused-ring (bicyclic) bond motifs is 2. The first-order chi connectivity index (χ1) is 8.34. The smallest absolute Gasteiger partial charge is 0.258 e. The second kappa shape index (κ2) is 2.79. The first-order valence-electron chi connectivity index (χ1n) is 5.33. The number of carbonyl (C=O) groups excluding carboxylic acids is 1. The highest BCUT2D eigenvalue weighted by molar-refractivity contribution is 6.29. The number of nitrogens with zero attached hydrogens (tertiary/aromatic N) is 2. The molecule has 2 aromatic carbocycles. The van der Waals surface area contributed by atoms with Crippen molar-refractivity contribution in [2.75, 3.05) is 5.32 Å². The number of anilines is 1. The molecule has 4 rings (SSSR count). The summed E-state index contributed by atoms with van der Waals surface area (Å²) in [6, 6.07) is 9.89. The van der Waals surface area contributed by atoms with Crippen molar-refractivity contribution in [3.63, 3.8) is 0 Å². The minimum absolute atomic E-state index is 0.0951. The Hall–Kier alpha value is -2.49. The van der Waals surface area contributed by atoms with E-state index in [1.165, 1.54) is 0 Å². The lowest BCUT2D eigenvalue weighted by atomic mass is 10.00. The highest BCUT2D eigenvalue weighted by Gasteiger charge is 2.25. The van der Waals surface area contributed by atoms with Gasteiger partial charge in [-0.1, -0.05) is 24.3 Å². The predicted octanol–water partition coefficient (Wildman–Crippen LogP) is 2.35. The highest BCUT2D eigenvalue weighted by atomic mass is 16.2. The third-order valence-corrected chi connectivity index (χ3v) is 3.13. The van der Waals surface area contributed by atoms with Crippen molar-refractivity contribution in [2.24, 2.45) is 0 Å². The molecule has 1 N–H and O–H groups in total. The van der Waals surface area contributed by atoms with Crippen LogP contribution >= 0.6 is 0 Å². The van der Waals surface area contributed by atoms with Crippen LogP contribution in [0.15, 0.2) is 36.5 Å². The molecule has 0 saturated carbocycles. The summed E-state index contributed by atoms with van der Waals surface area (Å²) in [5.74, 6) is 0.468. The number of aromatic nitrogens is 2. The van der Waals surface area contributed by atoms with Gasteiger partial charge in [0.05, 0.1) is 11.8 Å². The van der Waals surface area contributed by atoms with Gasteiger partial charge in [-0.2, -0.15) is 5.10 Å². The Bertz CT molecular complexity index is 795. The Morgan fingerprint density at radius 2 is 2.00 bits per heavy atom. The van der Waals surface area contributed by atoms with E-state index >= 15 is 0 Å². The van der Waals surface area contributed by atoms with E-state index in [2.05, 4.69) is 15.5 Å².